The van der Waals surface area contributed by atoms with E-state index in [-0.39, 0.29) is 0 Å². The van der Waals surface area contributed by atoms with Crippen LogP contribution in [0.5, 0.6) is 0 Å². The highest BCUT2D eigenvalue weighted by Crippen LogP contribution is 2.50. The van der Waals surface area contributed by atoms with Crippen molar-refractivity contribution in [1.29, 1.82) is 0 Å². The smallest absolute Gasteiger partial charge is 0.00141 e. The van der Waals surface area contributed by atoms with E-state index in [9.17, 15) is 0 Å². The summed E-state index contributed by atoms with van der Waals surface area (Å²) < 4.78 is 0. The van der Waals surface area contributed by atoms with Gasteiger partial charge in [-0.25, -0.2) is 0 Å². The molecule has 0 aromatic heterocycles. The number of rotatable bonds is 2. The van der Waals surface area contributed by atoms with Gasteiger partial charge in [-0.1, -0.05) is 109 Å². The fraction of sp³-hybridized carbons (Fsp3) is 0. The van der Waals surface area contributed by atoms with E-state index in [0.29, 0.717) is 0 Å². The van der Waals surface area contributed by atoms with Crippen LogP contribution in [0.25, 0.3) is 66.4 Å². The van der Waals surface area contributed by atoms with E-state index in [1.807, 2.05) is 0 Å². The fourth-order valence-corrected chi connectivity index (χ4v) is 6.81. The molecule has 0 nitrogen and oxygen atoms in total. The summed E-state index contributed by atoms with van der Waals surface area (Å²) in [5, 5.41) is 11.0. The molecule has 7 aromatic carbocycles. The Morgan fingerprint density at radius 1 is 0.306 bits per heavy atom. The molecule has 0 atom stereocenters. The Hall–Kier alpha value is -4.68. The maximum atomic E-state index is 2.37. The first kappa shape index (κ1) is 18.6. The van der Waals surface area contributed by atoms with Crippen molar-refractivity contribution >= 4 is 66.4 Å². The second kappa shape index (κ2) is 6.50. The average Bonchev–Trinajstić information content (AvgIpc) is 3.52. The van der Waals surface area contributed by atoms with Crippen molar-refractivity contribution in [3.63, 3.8) is 0 Å². The van der Waals surface area contributed by atoms with Crippen LogP contribution in [0.4, 0.5) is 0 Å². The molecule has 164 valence electrons. The Morgan fingerprint density at radius 2 is 0.694 bits per heavy atom. The lowest BCUT2D eigenvalue weighted by atomic mass is 9.85. The van der Waals surface area contributed by atoms with Gasteiger partial charge in [0, 0.05) is 0 Å². The first-order chi connectivity index (χ1) is 17.9. The average molecular weight is 453 g/mol. The zero-order valence-corrected chi connectivity index (χ0v) is 19.5. The van der Waals surface area contributed by atoms with Gasteiger partial charge in [0.25, 0.3) is 0 Å². The summed E-state index contributed by atoms with van der Waals surface area (Å²) in [4.78, 5) is 0. The Labute approximate surface area is 208 Å². The molecule has 0 saturated carbocycles. The predicted octanol–water partition coefficient (Wildman–Crippen LogP) is 9.54. The zero-order chi connectivity index (χ0) is 23.4. The third kappa shape index (κ3) is 2.20. The van der Waals surface area contributed by atoms with Gasteiger partial charge in [0.2, 0.25) is 0 Å². The van der Waals surface area contributed by atoms with Crippen molar-refractivity contribution in [2.24, 2.45) is 0 Å². The normalized spacial score (nSPS) is 13.9. The Kier molecular flexibility index (Phi) is 3.36. The van der Waals surface area contributed by atoms with E-state index in [4.69, 9.17) is 0 Å². The van der Waals surface area contributed by atoms with Crippen molar-refractivity contribution in [3.8, 4) is 0 Å². The third-order valence-corrected chi connectivity index (χ3v) is 8.32. The highest BCUT2D eigenvalue weighted by molar-refractivity contribution is 6.37. The third-order valence-electron chi connectivity index (χ3n) is 8.32. The van der Waals surface area contributed by atoms with Gasteiger partial charge in [-0.3, -0.25) is 0 Å². The van der Waals surface area contributed by atoms with E-state index in [1.54, 1.807) is 0 Å². The summed E-state index contributed by atoms with van der Waals surface area (Å²) in [5.41, 5.74) is 10.6. The molecule has 0 N–H and O–H groups in total. The summed E-state index contributed by atoms with van der Waals surface area (Å²) in [7, 11) is 0. The maximum absolute atomic E-state index is 2.37. The Morgan fingerprint density at radius 3 is 1.11 bits per heavy atom. The molecule has 9 rings (SSSR count). The second-order valence-electron chi connectivity index (χ2n) is 10.1. The first-order valence-electron chi connectivity index (χ1n) is 12.6. The van der Waals surface area contributed by atoms with E-state index in [0.717, 1.165) is 0 Å². The summed E-state index contributed by atoms with van der Waals surface area (Å²) >= 11 is 0. The highest BCUT2D eigenvalue weighted by atomic mass is 14.3. The van der Waals surface area contributed by atoms with Gasteiger partial charge in [-0.05, 0) is 99.8 Å². The van der Waals surface area contributed by atoms with Crippen LogP contribution in [0, 0.1) is 0 Å². The van der Waals surface area contributed by atoms with Gasteiger partial charge in [-0.2, -0.15) is 0 Å². The monoisotopic (exact) mass is 452 g/mol. The second-order valence-corrected chi connectivity index (χ2v) is 10.1. The molecule has 0 heteroatoms. The minimum Gasteiger partial charge on any atom is -0.0622 e. The lowest BCUT2D eigenvalue weighted by Crippen LogP contribution is -1.92. The molecule has 0 bridgehead atoms. The molecule has 7 aromatic rings. The largest absolute Gasteiger partial charge is 0.0622 e. The standard InChI is InChI=1S/C36H20/c1-3-7-21(8-4-1)31-19-23-11-13-25-28-16-18-30-32(22-9-5-2-6-10-22)20-24-12-14-26(36(28)34(24)30)27-15-17-29(31)33(23)35(25)27/h1-20H. The van der Waals surface area contributed by atoms with Crippen LogP contribution >= 0.6 is 0 Å². The van der Waals surface area contributed by atoms with E-state index in [1.165, 1.54) is 87.6 Å². The molecule has 0 heterocycles. The van der Waals surface area contributed by atoms with Crippen molar-refractivity contribution in [3.05, 3.63) is 143 Å². The van der Waals surface area contributed by atoms with E-state index < -0.39 is 0 Å². The molecular weight excluding hydrogens is 432 g/mol. The topological polar surface area (TPSA) is 0 Å². The van der Waals surface area contributed by atoms with E-state index in [2.05, 4.69) is 121 Å². The highest BCUT2D eigenvalue weighted by Gasteiger charge is 2.25. The van der Waals surface area contributed by atoms with Crippen LogP contribution in [0.3, 0.4) is 0 Å². The van der Waals surface area contributed by atoms with Gasteiger partial charge >= 0.3 is 0 Å². The molecule has 2 aliphatic rings. The van der Waals surface area contributed by atoms with Gasteiger partial charge in [0.15, 0.2) is 0 Å². The van der Waals surface area contributed by atoms with Crippen LogP contribution in [0.1, 0.15) is 33.4 Å². The quantitative estimate of drug-likeness (QED) is 0.181. The zero-order valence-electron chi connectivity index (χ0n) is 19.5. The van der Waals surface area contributed by atoms with Crippen LogP contribution in [0.2, 0.25) is 0 Å². The molecule has 0 aliphatic heterocycles. The lowest BCUT2D eigenvalue weighted by molar-refractivity contribution is 1.61. The summed E-state index contributed by atoms with van der Waals surface area (Å²) in [6, 6.07) is 40.3. The minimum absolute atomic E-state index is 1.28. The van der Waals surface area contributed by atoms with Crippen LogP contribution < -0.4 is 0 Å². The van der Waals surface area contributed by atoms with Crippen molar-refractivity contribution < 1.29 is 0 Å². The number of hydrogen-bond acceptors (Lipinski definition) is 0. The molecule has 0 unspecified atom stereocenters. The molecule has 0 fully saturated rings. The van der Waals surface area contributed by atoms with Gasteiger partial charge in [0.1, 0.15) is 0 Å². The summed E-state index contributed by atoms with van der Waals surface area (Å²) in [6.45, 7) is 0. The van der Waals surface area contributed by atoms with Crippen molar-refractivity contribution in [2.45, 2.75) is 0 Å². The van der Waals surface area contributed by atoms with E-state index >= 15 is 0 Å². The molecule has 0 saturated heterocycles. The molecular formula is C36H20. The SMILES string of the molecule is C1=C(c2ccccc2)c2ccc3c4ccc5c6c(ccc(c7ccc1c2c73)c64)C(c1ccccc1)=C5. The fourth-order valence-electron chi connectivity index (χ4n) is 6.81. The predicted molar refractivity (Wildman–Crippen MR) is 154 cm³/mol. The number of hydrogen-bond donors (Lipinski definition) is 0. The molecule has 0 amide bonds. The maximum Gasteiger partial charge on any atom is -0.00141 e. The van der Waals surface area contributed by atoms with Gasteiger partial charge in [-0.15, -0.1) is 0 Å². The minimum atomic E-state index is 1.28. The Bertz CT molecular complexity index is 1930. The summed E-state index contributed by atoms with van der Waals surface area (Å²) in [5.74, 6) is 0. The molecule has 2 aliphatic carbocycles. The van der Waals surface area contributed by atoms with Crippen LogP contribution in [0.15, 0.2) is 109 Å². The number of benzene rings is 7. The van der Waals surface area contributed by atoms with Gasteiger partial charge < -0.3 is 0 Å². The van der Waals surface area contributed by atoms with Crippen molar-refractivity contribution in [2.75, 3.05) is 0 Å². The Balaban J connectivity index is 1.39. The van der Waals surface area contributed by atoms with Crippen LogP contribution in [-0.2, 0) is 0 Å². The lowest BCUT2D eigenvalue weighted by Gasteiger charge is -2.17. The molecule has 0 radical (unpaired) electrons. The van der Waals surface area contributed by atoms with Crippen molar-refractivity contribution in [1.82, 2.24) is 0 Å². The van der Waals surface area contributed by atoms with Gasteiger partial charge in [0.05, 0.1) is 0 Å². The number of fused-ring (bicyclic) bond motifs is 2. The molecule has 36 heavy (non-hydrogen) atoms. The molecule has 0 spiro atoms. The first-order valence-corrected chi connectivity index (χ1v) is 12.6. The van der Waals surface area contributed by atoms with Crippen LogP contribution in [-0.4, -0.2) is 0 Å². The summed E-state index contributed by atoms with van der Waals surface area (Å²) in [6.07, 6.45) is 4.74.